The third-order valence-corrected chi connectivity index (χ3v) is 5.41. The molecule has 0 aromatic heterocycles. The number of piperidine rings is 1. The van der Waals surface area contributed by atoms with Crippen LogP contribution in [-0.2, 0) is 4.79 Å². The molecule has 0 aliphatic carbocycles. The summed E-state index contributed by atoms with van der Waals surface area (Å²) in [5.41, 5.74) is 0.126. The number of aliphatic imine (C=N–C) groups is 1. The van der Waals surface area contributed by atoms with Crippen LogP contribution in [0.1, 0.15) is 25.7 Å². The number of amides is 1. The maximum absolute atomic E-state index is 11.6. The Morgan fingerprint density at radius 2 is 2.30 bits per heavy atom. The highest BCUT2D eigenvalue weighted by molar-refractivity contribution is 14.0. The van der Waals surface area contributed by atoms with Crippen molar-refractivity contribution in [3.63, 3.8) is 0 Å². The van der Waals surface area contributed by atoms with Crippen molar-refractivity contribution in [2.24, 2.45) is 16.3 Å². The Morgan fingerprint density at radius 3 is 2.91 bits per heavy atom. The van der Waals surface area contributed by atoms with Gasteiger partial charge in [-0.05, 0) is 38.8 Å². The molecular weight excluding hydrogens is 405 g/mol. The lowest BCUT2D eigenvalue weighted by Gasteiger charge is -2.41. The minimum atomic E-state index is 0. The molecule has 2 atom stereocenters. The van der Waals surface area contributed by atoms with Gasteiger partial charge in [0.2, 0.25) is 5.91 Å². The molecule has 3 aliphatic heterocycles. The number of hydrogen-bond donors (Lipinski definition) is 2. The third-order valence-electron chi connectivity index (χ3n) is 5.41. The van der Waals surface area contributed by atoms with Gasteiger partial charge in [-0.3, -0.25) is 9.79 Å². The molecular formula is C16H30IN5O. The Morgan fingerprint density at radius 1 is 1.48 bits per heavy atom. The molecule has 0 bridgehead atoms. The lowest BCUT2D eigenvalue weighted by atomic mass is 9.79. The van der Waals surface area contributed by atoms with Gasteiger partial charge in [0.25, 0.3) is 0 Å². The SMILES string of the molecule is CN=C(NCC1CCN(C)C1)N1CCCC2(CNC(=O)C2)C1.I. The second kappa shape index (κ2) is 8.00. The van der Waals surface area contributed by atoms with Crippen molar-refractivity contribution >= 4 is 35.8 Å². The summed E-state index contributed by atoms with van der Waals surface area (Å²) in [5, 5.41) is 6.57. The van der Waals surface area contributed by atoms with Crippen molar-refractivity contribution in [2.45, 2.75) is 25.7 Å². The van der Waals surface area contributed by atoms with Crippen LogP contribution >= 0.6 is 24.0 Å². The Kier molecular flexibility index (Phi) is 6.53. The van der Waals surface area contributed by atoms with Crippen LogP contribution in [0.25, 0.3) is 0 Å². The van der Waals surface area contributed by atoms with E-state index in [1.807, 2.05) is 7.05 Å². The molecule has 132 valence electrons. The number of guanidine groups is 1. The predicted octanol–water partition coefficient (Wildman–Crippen LogP) is 0.734. The van der Waals surface area contributed by atoms with Gasteiger partial charge in [-0.15, -0.1) is 24.0 Å². The van der Waals surface area contributed by atoms with E-state index in [9.17, 15) is 4.79 Å². The standard InChI is InChI=1S/C16H29N5O.HI/c1-17-15(18-9-13-4-7-20(2)10-13)21-6-3-5-16(12-21)8-14(22)19-11-16;/h13H,3-12H2,1-2H3,(H,17,18)(H,19,22);1H. The first kappa shape index (κ1) is 18.8. The smallest absolute Gasteiger partial charge is 0.220 e. The van der Waals surface area contributed by atoms with Crippen molar-refractivity contribution in [3.8, 4) is 0 Å². The normalized spacial score (nSPS) is 32.1. The number of rotatable bonds is 2. The van der Waals surface area contributed by atoms with Crippen LogP contribution in [0.3, 0.4) is 0 Å². The van der Waals surface area contributed by atoms with E-state index < -0.39 is 0 Å². The molecule has 2 unspecified atom stereocenters. The summed E-state index contributed by atoms with van der Waals surface area (Å²) in [6, 6.07) is 0. The number of likely N-dealkylation sites (tertiary alicyclic amines) is 2. The Balaban J connectivity index is 0.00000192. The van der Waals surface area contributed by atoms with Crippen LogP contribution in [0.15, 0.2) is 4.99 Å². The van der Waals surface area contributed by atoms with Crippen LogP contribution in [0.2, 0.25) is 0 Å². The van der Waals surface area contributed by atoms with E-state index in [2.05, 4.69) is 32.5 Å². The van der Waals surface area contributed by atoms with Gasteiger partial charge in [-0.1, -0.05) is 0 Å². The Labute approximate surface area is 156 Å². The monoisotopic (exact) mass is 435 g/mol. The van der Waals surface area contributed by atoms with Crippen molar-refractivity contribution in [1.82, 2.24) is 20.4 Å². The Hall–Kier alpha value is -0.570. The molecule has 3 saturated heterocycles. The molecule has 0 saturated carbocycles. The molecule has 3 heterocycles. The molecule has 2 N–H and O–H groups in total. The van der Waals surface area contributed by atoms with Gasteiger partial charge in [-0.2, -0.15) is 0 Å². The molecule has 0 aromatic carbocycles. The van der Waals surface area contributed by atoms with Gasteiger partial charge in [0.05, 0.1) is 0 Å². The maximum Gasteiger partial charge on any atom is 0.220 e. The van der Waals surface area contributed by atoms with E-state index in [1.54, 1.807) is 0 Å². The third kappa shape index (κ3) is 4.49. The molecule has 0 radical (unpaired) electrons. The van der Waals surface area contributed by atoms with Gasteiger partial charge in [0.15, 0.2) is 5.96 Å². The summed E-state index contributed by atoms with van der Waals surface area (Å²) in [6.07, 6.45) is 4.23. The van der Waals surface area contributed by atoms with Gasteiger partial charge in [0.1, 0.15) is 0 Å². The predicted molar refractivity (Wildman–Crippen MR) is 103 cm³/mol. The van der Waals surface area contributed by atoms with Crippen molar-refractivity contribution in [1.29, 1.82) is 0 Å². The lowest BCUT2D eigenvalue weighted by molar-refractivity contribution is -0.119. The summed E-state index contributed by atoms with van der Waals surface area (Å²) in [6.45, 7) is 6.18. The quantitative estimate of drug-likeness (QED) is 0.382. The van der Waals surface area contributed by atoms with Crippen LogP contribution in [0.5, 0.6) is 0 Å². The summed E-state index contributed by atoms with van der Waals surface area (Å²) in [4.78, 5) is 20.8. The molecule has 1 amide bonds. The summed E-state index contributed by atoms with van der Waals surface area (Å²) < 4.78 is 0. The summed E-state index contributed by atoms with van der Waals surface area (Å²) in [7, 11) is 4.05. The first-order chi connectivity index (χ1) is 10.6. The number of hydrogen-bond acceptors (Lipinski definition) is 3. The number of nitrogens with one attached hydrogen (secondary N) is 2. The van der Waals surface area contributed by atoms with Crippen molar-refractivity contribution < 1.29 is 4.79 Å². The van der Waals surface area contributed by atoms with Crippen LogP contribution in [0.4, 0.5) is 0 Å². The van der Waals surface area contributed by atoms with E-state index >= 15 is 0 Å². The first-order valence-electron chi connectivity index (χ1n) is 8.51. The van der Waals surface area contributed by atoms with E-state index in [-0.39, 0.29) is 35.3 Å². The molecule has 6 nitrogen and oxygen atoms in total. The molecule has 7 heteroatoms. The largest absolute Gasteiger partial charge is 0.356 e. The van der Waals surface area contributed by atoms with Gasteiger partial charge >= 0.3 is 0 Å². The summed E-state index contributed by atoms with van der Waals surface area (Å²) >= 11 is 0. The van der Waals surface area contributed by atoms with Crippen molar-refractivity contribution in [3.05, 3.63) is 0 Å². The zero-order valence-corrected chi connectivity index (χ0v) is 16.6. The second-order valence-electron chi connectivity index (χ2n) is 7.32. The topological polar surface area (TPSA) is 60.0 Å². The summed E-state index contributed by atoms with van der Waals surface area (Å²) in [5.74, 6) is 1.93. The highest BCUT2D eigenvalue weighted by Gasteiger charge is 2.42. The van der Waals surface area contributed by atoms with Crippen LogP contribution in [0, 0.1) is 11.3 Å². The van der Waals surface area contributed by atoms with E-state index in [0.29, 0.717) is 6.42 Å². The lowest BCUT2D eigenvalue weighted by Crippen LogP contribution is -2.52. The highest BCUT2D eigenvalue weighted by atomic mass is 127. The van der Waals surface area contributed by atoms with E-state index in [4.69, 9.17) is 0 Å². The van der Waals surface area contributed by atoms with E-state index in [1.165, 1.54) is 19.5 Å². The Bertz CT molecular complexity index is 458. The van der Waals surface area contributed by atoms with Gasteiger partial charge < -0.3 is 20.4 Å². The highest BCUT2D eigenvalue weighted by Crippen LogP contribution is 2.35. The molecule has 3 rings (SSSR count). The minimum Gasteiger partial charge on any atom is -0.356 e. The van der Waals surface area contributed by atoms with E-state index in [0.717, 1.165) is 50.9 Å². The molecule has 0 aromatic rings. The fraction of sp³-hybridized carbons (Fsp3) is 0.875. The molecule has 23 heavy (non-hydrogen) atoms. The van der Waals surface area contributed by atoms with Crippen LogP contribution < -0.4 is 10.6 Å². The second-order valence-corrected chi connectivity index (χ2v) is 7.32. The number of nitrogens with zero attached hydrogens (tertiary/aromatic N) is 3. The molecule has 3 fully saturated rings. The fourth-order valence-electron chi connectivity index (χ4n) is 4.19. The van der Waals surface area contributed by atoms with Gasteiger partial charge in [-0.25, -0.2) is 0 Å². The fourth-order valence-corrected chi connectivity index (χ4v) is 4.19. The van der Waals surface area contributed by atoms with Crippen molar-refractivity contribution in [2.75, 3.05) is 53.4 Å². The maximum atomic E-state index is 11.6. The van der Waals surface area contributed by atoms with Crippen LogP contribution in [-0.4, -0.2) is 75.0 Å². The zero-order chi connectivity index (χ0) is 15.6. The zero-order valence-electron chi connectivity index (χ0n) is 14.3. The minimum absolute atomic E-state index is 0. The number of carbonyl (C=O) groups excluding carboxylic acids is 1. The van der Waals surface area contributed by atoms with Gasteiger partial charge in [0, 0.05) is 51.6 Å². The average molecular weight is 435 g/mol. The molecule has 3 aliphatic rings. The molecule has 1 spiro atoms. The number of halogens is 1. The first-order valence-corrected chi connectivity index (χ1v) is 8.51. The average Bonchev–Trinajstić information content (AvgIpc) is 3.06. The number of carbonyl (C=O) groups is 1.